The molecule has 7 heteroatoms. The first-order valence-electron chi connectivity index (χ1n) is 8.31. The molecule has 1 aliphatic rings. The van der Waals surface area contributed by atoms with E-state index in [1.165, 1.54) is 23.5 Å². The Morgan fingerprint density at radius 2 is 1.96 bits per heavy atom. The molecule has 0 saturated carbocycles. The fourth-order valence-electron chi connectivity index (χ4n) is 2.83. The van der Waals surface area contributed by atoms with Crippen LogP contribution in [0.25, 0.3) is 10.2 Å². The SMILES string of the molecule is CC(C)(C)OC(=O)N1CCC(C(=O)c2nc3ccc(F)cc3s2)CC1. The zero-order valence-electron chi connectivity index (χ0n) is 14.5. The summed E-state index contributed by atoms with van der Waals surface area (Å²) in [4.78, 5) is 30.7. The van der Waals surface area contributed by atoms with Gasteiger partial charge in [-0.15, -0.1) is 11.3 Å². The van der Waals surface area contributed by atoms with Crippen LogP contribution >= 0.6 is 11.3 Å². The lowest BCUT2D eigenvalue weighted by molar-refractivity contribution is 0.0182. The first kappa shape index (κ1) is 17.8. The Balaban J connectivity index is 1.63. The number of piperidine rings is 1. The van der Waals surface area contributed by atoms with Crippen LogP contribution in [0.4, 0.5) is 9.18 Å². The molecule has 0 aliphatic carbocycles. The minimum atomic E-state index is -0.528. The molecule has 3 rings (SSSR count). The van der Waals surface area contributed by atoms with Crippen molar-refractivity contribution in [2.45, 2.75) is 39.2 Å². The van der Waals surface area contributed by atoms with Crippen LogP contribution in [0.2, 0.25) is 0 Å². The Labute approximate surface area is 149 Å². The molecule has 0 radical (unpaired) electrons. The van der Waals surface area contributed by atoms with Gasteiger partial charge >= 0.3 is 6.09 Å². The molecule has 2 aromatic rings. The number of aromatic nitrogens is 1. The normalized spacial score (nSPS) is 16.2. The average molecular weight is 364 g/mol. The Kier molecular flexibility index (Phi) is 4.77. The highest BCUT2D eigenvalue weighted by molar-refractivity contribution is 7.20. The highest BCUT2D eigenvalue weighted by Crippen LogP contribution is 2.28. The maximum Gasteiger partial charge on any atom is 0.410 e. The number of amides is 1. The highest BCUT2D eigenvalue weighted by Gasteiger charge is 2.31. The standard InChI is InChI=1S/C18H21FN2O3S/c1-18(2,3)24-17(23)21-8-6-11(7-9-21)15(22)16-20-13-5-4-12(19)10-14(13)25-16/h4-5,10-11H,6-9H2,1-3H3. The van der Waals surface area contributed by atoms with E-state index in [4.69, 9.17) is 4.74 Å². The number of thiazole rings is 1. The predicted molar refractivity (Wildman–Crippen MR) is 94.4 cm³/mol. The topological polar surface area (TPSA) is 59.5 Å². The van der Waals surface area contributed by atoms with Gasteiger partial charge in [0.15, 0.2) is 10.8 Å². The van der Waals surface area contributed by atoms with Crippen molar-refractivity contribution in [3.05, 3.63) is 29.0 Å². The number of carbonyl (C=O) groups is 2. The fraction of sp³-hybridized carbons (Fsp3) is 0.500. The van der Waals surface area contributed by atoms with Gasteiger partial charge in [0.2, 0.25) is 0 Å². The number of hydrogen-bond donors (Lipinski definition) is 0. The van der Waals surface area contributed by atoms with Gasteiger partial charge in [0, 0.05) is 19.0 Å². The summed E-state index contributed by atoms with van der Waals surface area (Å²) < 4.78 is 19.3. The van der Waals surface area contributed by atoms with Gasteiger partial charge < -0.3 is 9.64 Å². The van der Waals surface area contributed by atoms with E-state index in [-0.39, 0.29) is 23.6 Å². The molecule has 2 heterocycles. The van der Waals surface area contributed by atoms with Gasteiger partial charge in [-0.25, -0.2) is 14.2 Å². The van der Waals surface area contributed by atoms with Crippen molar-refractivity contribution in [1.82, 2.24) is 9.88 Å². The molecule has 1 fully saturated rings. The zero-order valence-corrected chi connectivity index (χ0v) is 15.4. The quantitative estimate of drug-likeness (QED) is 0.747. The highest BCUT2D eigenvalue weighted by atomic mass is 32.1. The molecule has 1 aromatic carbocycles. The summed E-state index contributed by atoms with van der Waals surface area (Å²) in [5, 5.41) is 0.413. The molecular formula is C18H21FN2O3S. The summed E-state index contributed by atoms with van der Waals surface area (Å²) in [6, 6.07) is 4.33. The van der Waals surface area contributed by atoms with Crippen LogP contribution in [0.3, 0.4) is 0 Å². The first-order chi connectivity index (χ1) is 11.7. The van der Waals surface area contributed by atoms with E-state index in [2.05, 4.69) is 4.98 Å². The van der Waals surface area contributed by atoms with Crippen LogP contribution in [-0.4, -0.2) is 40.5 Å². The molecule has 0 spiro atoms. The number of fused-ring (bicyclic) bond motifs is 1. The minimum Gasteiger partial charge on any atom is -0.444 e. The van der Waals surface area contributed by atoms with Crippen LogP contribution in [0.15, 0.2) is 18.2 Å². The molecule has 1 saturated heterocycles. The van der Waals surface area contributed by atoms with Crippen LogP contribution in [0.5, 0.6) is 0 Å². The van der Waals surface area contributed by atoms with E-state index in [0.29, 0.717) is 41.2 Å². The summed E-state index contributed by atoms with van der Waals surface area (Å²) >= 11 is 1.22. The van der Waals surface area contributed by atoms with E-state index in [1.54, 1.807) is 11.0 Å². The van der Waals surface area contributed by atoms with Gasteiger partial charge in [-0.2, -0.15) is 0 Å². The number of ether oxygens (including phenoxy) is 1. The summed E-state index contributed by atoms with van der Waals surface area (Å²) in [7, 11) is 0. The summed E-state index contributed by atoms with van der Waals surface area (Å²) in [6.45, 7) is 6.47. The number of ketones is 1. The predicted octanol–water partition coefficient (Wildman–Crippen LogP) is 4.27. The average Bonchev–Trinajstić information content (AvgIpc) is 2.95. The fourth-order valence-corrected chi connectivity index (χ4v) is 3.84. The maximum absolute atomic E-state index is 13.3. The molecule has 1 aliphatic heterocycles. The largest absolute Gasteiger partial charge is 0.444 e. The van der Waals surface area contributed by atoms with Crippen molar-refractivity contribution in [3.8, 4) is 0 Å². The van der Waals surface area contributed by atoms with Crippen molar-refractivity contribution in [1.29, 1.82) is 0 Å². The minimum absolute atomic E-state index is 0.0227. The summed E-state index contributed by atoms with van der Waals surface area (Å²) in [5.41, 5.74) is 0.112. The lowest BCUT2D eigenvalue weighted by atomic mass is 9.93. The number of rotatable bonds is 2. The zero-order chi connectivity index (χ0) is 18.2. The van der Waals surface area contributed by atoms with E-state index < -0.39 is 5.60 Å². The number of nitrogens with zero attached hydrogens (tertiary/aromatic N) is 2. The Bertz CT molecular complexity index is 804. The molecular weight excluding hydrogens is 343 g/mol. The van der Waals surface area contributed by atoms with E-state index in [0.717, 1.165) is 0 Å². The smallest absolute Gasteiger partial charge is 0.410 e. The monoisotopic (exact) mass is 364 g/mol. The maximum atomic E-state index is 13.3. The van der Waals surface area contributed by atoms with Gasteiger partial charge in [-0.05, 0) is 51.8 Å². The van der Waals surface area contributed by atoms with Gasteiger partial charge in [0.1, 0.15) is 11.4 Å². The van der Waals surface area contributed by atoms with Crippen molar-refractivity contribution in [2.24, 2.45) is 5.92 Å². The molecule has 5 nitrogen and oxygen atoms in total. The Morgan fingerprint density at radius 3 is 2.60 bits per heavy atom. The lowest BCUT2D eigenvalue weighted by Gasteiger charge is -2.32. The molecule has 25 heavy (non-hydrogen) atoms. The number of likely N-dealkylation sites (tertiary alicyclic amines) is 1. The van der Waals surface area contributed by atoms with Crippen molar-refractivity contribution in [3.63, 3.8) is 0 Å². The van der Waals surface area contributed by atoms with Crippen molar-refractivity contribution >= 4 is 33.4 Å². The van der Waals surface area contributed by atoms with E-state index >= 15 is 0 Å². The number of halogens is 1. The van der Waals surface area contributed by atoms with Crippen LogP contribution in [-0.2, 0) is 4.74 Å². The van der Waals surface area contributed by atoms with E-state index in [1.807, 2.05) is 20.8 Å². The second-order valence-electron chi connectivity index (χ2n) is 7.24. The second-order valence-corrected chi connectivity index (χ2v) is 8.27. The molecule has 1 amide bonds. The number of hydrogen-bond acceptors (Lipinski definition) is 5. The Hall–Kier alpha value is -2.02. The molecule has 0 N–H and O–H groups in total. The first-order valence-corrected chi connectivity index (χ1v) is 9.13. The van der Waals surface area contributed by atoms with Crippen molar-refractivity contribution in [2.75, 3.05) is 13.1 Å². The number of benzene rings is 1. The van der Waals surface area contributed by atoms with Crippen LogP contribution in [0.1, 0.15) is 43.4 Å². The number of carbonyl (C=O) groups excluding carboxylic acids is 2. The third kappa shape index (κ3) is 4.15. The van der Waals surface area contributed by atoms with Crippen molar-refractivity contribution < 1.29 is 18.7 Å². The molecule has 0 atom stereocenters. The third-order valence-corrected chi connectivity index (χ3v) is 5.11. The number of Topliss-reactive ketones (excluding diaryl/α,β-unsaturated/α-hetero) is 1. The molecule has 0 bridgehead atoms. The van der Waals surface area contributed by atoms with Gasteiger partial charge in [-0.3, -0.25) is 4.79 Å². The Morgan fingerprint density at radius 1 is 1.28 bits per heavy atom. The molecule has 134 valence electrons. The van der Waals surface area contributed by atoms with Gasteiger partial charge in [0.25, 0.3) is 0 Å². The second kappa shape index (κ2) is 6.71. The van der Waals surface area contributed by atoms with Crippen LogP contribution in [0, 0.1) is 11.7 Å². The van der Waals surface area contributed by atoms with Gasteiger partial charge in [-0.1, -0.05) is 0 Å². The summed E-state index contributed by atoms with van der Waals surface area (Å²) in [6.07, 6.45) is 0.832. The molecule has 0 unspecified atom stereocenters. The third-order valence-electron chi connectivity index (χ3n) is 4.08. The van der Waals surface area contributed by atoms with E-state index in [9.17, 15) is 14.0 Å². The molecule has 1 aromatic heterocycles. The lowest BCUT2D eigenvalue weighted by Crippen LogP contribution is -2.43. The van der Waals surface area contributed by atoms with Gasteiger partial charge in [0.05, 0.1) is 10.2 Å². The summed E-state index contributed by atoms with van der Waals surface area (Å²) in [5.74, 6) is -0.518. The van der Waals surface area contributed by atoms with Crippen LogP contribution < -0.4 is 0 Å².